The molecular formula is C21H33N3O2S. The lowest BCUT2D eigenvalue weighted by atomic mass is 9.86. The van der Waals surface area contributed by atoms with Crippen molar-refractivity contribution in [3.05, 3.63) is 23.3 Å². The molecule has 1 aliphatic carbocycles. The highest BCUT2D eigenvalue weighted by Crippen LogP contribution is 2.27. The summed E-state index contributed by atoms with van der Waals surface area (Å²) >= 11 is 4.87. The number of nitrogens with zero attached hydrogens (tertiary/aromatic N) is 3. The highest BCUT2D eigenvalue weighted by Gasteiger charge is 2.32. The van der Waals surface area contributed by atoms with Crippen molar-refractivity contribution in [3.8, 4) is 0 Å². The van der Waals surface area contributed by atoms with Gasteiger partial charge in [0.2, 0.25) is 0 Å². The van der Waals surface area contributed by atoms with Crippen molar-refractivity contribution < 1.29 is 9.53 Å². The third-order valence-electron chi connectivity index (χ3n) is 5.01. The lowest BCUT2D eigenvalue weighted by molar-refractivity contribution is 0.00231. The van der Waals surface area contributed by atoms with E-state index in [-0.39, 0.29) is 18.2 Å². The summed E-state index contributed by atoms with van der Waals surface area (Å²) < 4.78 is 5.54. The molecule has 2 aliphatic rings. The molecule has 0 N–H and O–H groups in total. The van der Waals surface area contributed by atoms with Crippen LogP contribution in [0.4, 0.5) is 4.79 Å². The van der Waals surface area contributed by atoms with E-state index in [2.05, 4.69) is 42.8 Å². The van der Waals surface area contributed by atoms with Crippen LogP contribution in [0, 0.1) is 5.92 Å². The summed E-state index contributed by atoms with van der Waals surface area (Å²) in [5, 5.41) is 1.56. The molecule has 0 spiro atoms. The molecular weight excluding hydrogens is 358 g/mol. The van der Waals surface area contributed by atoms with Crippen LogP contribution in [0.2, 0.25) is 0 Å². The van der Waals surface area contributed by atoms with Crippen LogP contribution in [0.25, 0.3) is 0 Å². The summed E-state index contributed by atoms with van der Waals surface area (Å²) in [6.07, 6.45) is 5.98. The summed E-state index contributed by atoms with van der Waals surface area (Å²) in [5.74, 6) is 0.346. The normalized spacial score (nSPS) is 27.3. The van der Waals surface area contributed by atoms with E-state index in [1.54, 1.807) is 11.6 Å². The second-order valence-electron chi connectivity index (χ2n) is 8.60. The summed E-state index contributed by atoms with van der Waals surface area (Å²) in [6, 6.07) is 0.276. The average molecular weight is 392 g/mol. The number of amides is 1. The first kappa shape index (κ1) is 21.8. The molecule has 27 heavy (non-hydrogen) atoms. The molecule has 0 saturated carbocycles. The molecule has 3 atom stereocenters. The standard InChI is InChI=1S/C21H33N3O2S/c1-15-11-18(17(3)19(12-15)22-7-10-27)14-23-8-9-24(16(2)13-23)20(25)26-21(4,5)6/h7,10-12,16-17,19H,8-9,13-14H2,1-6H3/t16-,17?,19?/m0/s1. The van der Waals surface area contributed by atoms with E-state index in [1.165, 1.54) is 11.1 Å². The fraction of sp³-hybridized carbons (Fsp3) is 0.667. The van der Waals surface area contributed by atoms with Crippen LogP contribution < -0.4 is 0 Å². The zero-order valence-electron chi connectivity index (χ0n) is 17.4. The largest absolute Gasteiger partial charge is 0.444 e. The summed E-state index contributed by atoms with van der Waals surface area (Å²) in [7, 11) is 0. The Kier molecular flexibility index (Phi) is 7.34. The number of allylic oxidation sites excluding steroid dienone is 2. The number of aliphatic imine (C=N–C) groups is 1. The Morgan fingerprint density at radius 3 is 2.67 bits per heavy atom. The highest BCUT2D eigenvalue weighted by atomic mass is 32.1. The van der Waals surface area contributed by atoms with Crippen LogP contribution in [0.3, 0.4) is 0 Å². The molecule has 1 aliphatic heterocycles. The number of carbonyl (C=O) groups is 1. The molecule has 150 valence electrons. The molecule has 0 aromatic carbocycles. The van der Waals surface area contributed by atoms with Crippen molar-refractivity contribution >= 4 is 29.9 Å². The topological polar surface area (TPSA) is 45.1 Å². The molecule has 0 aromatic rings. The van der Waals surface area contributed by atoms with Crippen molar-refractivity contribution in [2.75, 3.05) is 26.2 Å². The predicted octanol–water partition coefficient (Wildman–Crippen LogP) is 3.89. The van der Waals surface area contributed by atoms with Gasteiger partial charge in [-0.25, -0.2) is 4.79 Å². The fourth-order valence-electron chi connectivity index (χ4n) is 3.63. The number of hydrogen-bond acceptors (Lipinski definition) is 5. The first-order chi connectivity index (χ1) is 12.6. The van der Waals surface area contributed by atoms with E-state index < -0.39 is 5.60 Å². The highest BCUT2D eigenvalue weighted by molar-refractivity contribution is 7.80. The predicted molar refractivity (Wildman–Crippen MR) is 116 cm³/mol. The lowest BCUT2D eigenvalue weighted by Gasteiger charge is -2.41. The Labute approximate surface area is 169 Å². The minimum Gasteiger partial charge on any atom is -0.444 e. The average Bonchev–Trinajstić information content (AvgIpc) is 2.55. The molecule has 1 amide bonds. The smallest absolute Gasteiger partial charge is 0.410 e. The van der Waals surface area contributed by atoms with E-state index in [4.69, 9.17) is 17.0 Å². The number of carbonyl (C=O) groups excluding carboxylic acids is 1. The molecule has 2 unspecified atom stereocenters. The van der Waals surface area contributed by atoms with Crippen LogP contribution >= 0.6 is 12.2 Å². The quantitative estimate of drug-likeness (QED) is 0.539. The van der Waals surface area contributed by atoms with Crippen molar-refractivity contribution in [1.82, 2.24) is 9.80 Å². The zero-order valence-corrected chi connectivity index (χ0v) is 18.3. The Bertz CT molecular complexity index is 648. The minimum atomic E-state index is -0.460. The van der Waals surface area contributed by atoms with Crippen molar-refractivity contribution in [2.45, 2.75) is 59.2 Å². The number of hydrogen-bond donors (Lipinski definition) is 0. The van der Waals surface area contributed by atoms with Gasteiger partial charge in [0.05, 0.1) is 6.04 Å². The third-order valence-corrected chi connectivity index (χ3v) is 5.13. The van der Waals surface area contributed by atoms with Crippen molar-refractivity contribution in [2.24, 2.45) is 10.9 Å². The summed E-state index contributed by atoms with van der Waals surface area (Å²) in [5.41, 5.74) is 2.17. The van der Waals surface area contributed by atoms with Crippen LogP contribution in [0.5, 0.6) is 0 Å². The molecule has 0 aromatic heterocycles. The molecule has 1 saturated heterocycles. The maximum atomic E-state index is 12.4. The van der Waals surface area contributed by atoms with Gasteiger partial charge in [0, 0.05) is 49.7 Å². The van der Waals surface area contributed by atoms with Gasteiger partial charge in [-0.15, -0.1) is 0 Å². The van der Waals surface area contributed by atoms with Crippen molar-refractivity contribution in [1.29, 1.82) is 0 Å². The van der Waals surface area contributed by atoms with Gasteiger partial charge in [-0.3, -0.25) is 9.89 Å². The van der Waals surface area contributed by atoms with Gasteiger partial charge in [-0.2, -0.15) is 0 Å². The fourth-order valence-corrected chi connectivity index (χ4v) is 3.70. The first-order valence-corrected chi connectivity index (χ1v) is 10.2. The van der Waals surface area contributed by atoms with Gasteiger partial charge in [-0.05, 0) is 34.6 Å². The maximum Gasteiger partial charge on any atom is 0.410 e. The van der Waals surface area contributed by atoms with Gasteiger partial charge >= 0.3 is 6.09 Å². The zero-order chi connectivity index (χ0) is 20.2. The van der Waals surface area contributed by atoms with Gasteiger partial charge < -0.3 is 9.64 Å². The molecule has 0 bridgehead atoms. The maximum absolute atomic E-state index is 12.4. The Hall–Kier alpha value is -1.53. The number of thiocarbonyl (C=S) groups is 1. The van der Waals surface area contributed by atoms with Crippen molar-refractivity contribution in [3.63, 3.8) is 0 Å². The van der Waals surface area contributed by atoms with E-state index in [1.807, 2.05) is 25.7 Å². The SMILES string of the molecule is CC1=CC(N=CC=S)C(C)C(CN2CCN(C(=O)OC(C)(C)C)[C@@H](C)C2)=C1. The van der Waals surface area contributed by atoms with Gasteiger partial charge in [0.15, 0.2) is 0 Å². The Morgan fingerprint density at radius 2 is 2.07 bits per heavy atom. The first-order valence-electron chi connectivity index (χ1n) is 9.68. The van der Waals surface area contributed by atoms with Gasteiger partial charge in [0.1, 0.15) is 5.60 Å². The molecule has 0 radical (unpaired) electrons. The molecule has 6 heteroatoms. The lowest BCUT2D eigenvalue weighted by Crippen LogP contribution is -2.55. The summed E-state index contributed by atoms with van der Waals surface area (Å²) in [6.45, 7) is 15.4. The number of ether oxygens (including phenoxy) is 1. The summed E-state index contributed by atoms with van der Waals surface area (Å²) in [4.78, 5) is 21.2. The number of piperazine rings is 1. The second-order valence-corrected chi connectivity index (χ2v) is 8.87. The van der Waals surface area contributed by atoms with E-state index in [0.29, 0.717) is 12.5 Å². The number of rotatable bonds is 4. The van der Waals surface area contributed by atoms with Crippen LogP contribution in [-0.2, 0) is 4.74 Å². The second kappa shape index (κ2) is 9.11. The van der Waals surface area contributed by atoms with Gasteiger partial charge in [0.25, 0.3) is 0 Å². The third kappa shape index (κ3) is 6.25. The Morgan fingerprint density at radius 1 is 1.37 bits per heavy atom. The monoisotopic (exact) mass is 391 g/mol. The van der Waals surface area contributed by atoms with Crippen LogP contribution in [0.1, 0.15) is 41.5 Å². The van der Waals surface area contributed by atoms with E-state index >= 15 is 0 Å². The molecule has 2 rings (SSSR count). The Balaban J connectivity index is 1.98. The molecule has 1 fully saturated rings. The van der Waals surface area contributed by atoms with Crippen LogP contribution in [0.15, 0.2) is 28.3 Å². The molecule has 1 heterocycles. The van der Waals surface area contributed by atoms with Gasteiger partial charge in [-0.1, -0.05) is 42.4 Å². The van der Waals surface area contributed by atoms with E-state index in [9.17, 15) is 4.79 Å². The minimum absolute atomic E-state index is 0.133. The van der Waals surface area contributed by atoms with Crippen LogP contribution in [-0.4, -0.2) is 71.3 Å². The van der Waals surface area contributed by atoms with E-state index in [0.717, 1.165) is 19.6 Å². The molecule has 5 nitrogen and oxygen atoms in total.